The zero-order chi connectivity index (χ0) is 18.4. The van der Waals surface area contributed by atoms with Crippen molar-refractivity contribution in [2.45, 2.75) is 6.92 Å². The Hall–Kier alpha value is -2.94. The molecule has 0 aromatic heterocycles. The highest BCUT2D eigenvalue weighted by molar-refractivity contribution is 9.10. The van der Waals surface area contributed by atoms with Gasteiger partial charge in [-0.3, -0.25) is 14.9 Å². The van der Waals surface area contributed by atoms with Crippen molar-refractivity contribution >= 4 is 33.7 Å². The summed E-state index contributed by atoms with van der Waals surface area (Å²) in [7, 11) is 0. The van der Waals surface area contributed by atoms with Gasteiger partial charge < -0.3 is 9.84 Å². The minimum absolute atomic E-state index is 0.0321. The summed E-state index contributed by atoms with van der Waals surface area (Å²) < 4.78 is 5.77. The lowest BCUT2D eigenvalue weighted by molar-refractivity contribution is -0.385. The lowest BCUT2D eigenvalue weighted by atomic mass is 10.1. The minimum Gasteiger partial charge on any atom is -0.504 e. The number of amides is 1. The fourth-order valence-corrected chi connectivity index (χ4v) is 2.41. The average molecular weight is 408 g/mol. The van der Waals surface area contributed by atoms with Crippen LogP contribution in [0.3, 0.4) is 0 Å². The molecule has 2 aromatic rings. The van der Waals surface area contributed by atoms with Gasteiger partial charge >= 0.3 is 0 Å². The molecule has 9 heteroatoms. The van der Waals surface area contributed by atoms with Crippen molar-refractivity contribution in [3.05, 3.63) is 62.1 Å². The molecule has 0 aliphatic heterocycles. The van der Waals surface area contributed by atoms with E-state index < -0.39 is 10.8 Å². The summed E-state index contributed by atoms with van der Waals surface area (Å²) in [6.07, 6.45) is 1.11. The van der Waals surface area contributed by atoms with Crippen LogP contribution in [-0.4, -0.2) is 28.8 Å². The van der Waals surface area contributed by atoms with Crippen LogP contribution in [0, 0.1) is 10.1 Å². The van der Waals surface area contributed by atoms with Gasteiger partial charge in [-0.1, -0.05) is 12.1 Å². The van der Waals surface area contributed by atoms with E-state index >= 15 is 0 Å². The van der Waals surface area contributed by atoms with E-state index in [1.165, 1.54) is 0 Å². The number of phenolic OH excluding ortho intramolecular Hbond substituents is 1. The first-order valence-electron chi connectivity index (χ1n) is 7.16. The first-order chi connectivity index (χ1) is 11.9. The zero-order valence-corrected chi connectivity index (χ0v) is 14.7. The fraction of sp³-hybridized carbons (Fsp3) is 0.125. The molecule has 0 spiro atoms. The van der Waals surface area contributed by atoms with E-state index in [0.717, 1.165) is 18.3 Å². The van der Waals surface area contributed by atoms with E-state index in [4.69, 9.17) is 4.74 Å². The summed E-state index contributed by atoms with van der Waals surface area (Å²) >= 11 is 3.25. The van der Waals surface area contributed by atoms with Crippen molar-refractivity contribution in [2.75, 3.05) is 6.61 Å². The number of hydrogen-bond donors (Lipinski definition) is 2. The summed E-state index contributed by atoms with van der Waals surface area (Å²) in [6, 6.07) is 9.03. The summed E-state index contributed by atoms with van der Waals surface area (Å²) in [4.78, 5) is 22.4. The second kappa shape index (κ2) is 8.25. The van der Waals surface area contributed by atoms with E-state index in [9.17, 15) is 20.0 Å². The second-order valence-electron chi connectivity index (χ2n) is 4.75. The zero-order valence-electron chi connectivity index (χ0n) is 13.1. The number of nitrogens with zero attached hydrogens (tertiary/aromatic N) is 2. The number of carbonyl (C=O) groups is 1. The molecule has 0 fully saturated rings. The summed E-state index contributed by atoms with van der Waals surface area (Å²) in [5, 5.41) is 24.8. The van der Waals surface area contributed by atoms with Crippen LogP contribution in [0.5, 0.6) is 11.5 Å². The number of rotatable bonds is 6. The van der Waals surface area contributed by atoms with Gasteiger partial charge in [0.1, 0.15) is 0 Å². The van der Waals surface area contributed by atoms with Crippen LogP contribution < -0.4 is 10.2 Å². The molecule has 130 valence electrons. The molecular formula is C16H14BrN3O5. The first kappa shape index (κ1) is 18.4. The molecule has 0 aliphatic carbocycles. The monoisotopic (exact) mass is 407 g/mol. The van der Waals surface area contributed by atoms with Gasteiger partial charge in [0, 0.05) is 16.1 Å². The van der Waals surface area contributed by atoms with E-state index in [1.54, 1.807) is 31.2 Å². The third kappa shape index (κ3) is 4.54. The number of nitrogens with one attached hydrogen (secondary N) is 1. The third-order valence-electron chi connectivity index (χ3n) is 3.09. The van der Waals surface area contributed by atoms with E-state index in [2.05, 4.69) is 26.5 Å². The molecule has 2 N–H and O–H groups in total. The number of hydrogen-bond acceptors (Lipinski definition) is 6. The molecule has 0 heterocycles. The van der Waals surface area contributed by atoms with Crippen molar-refractivity contribution in [2.24, 2.45) is 5.10 Å². The van der Waals surface area contributed by atoms with Crippen LogP contribution in [0.25, 0.3) is 0 Å². The average Bonchev–Trinajstić information content (AvgIpc) is 2.58. The highest BCUT2D eigenvalue weighted by Gasteiger charge is 2.16. The van der Waals surface area contributed by atoms with Crippen molar-refractivity contribution in [1.29, 1.82) is 0 Å². The predicted molar refractivity (Wildman–Crippen MR) is 95.1 cm³/mol. The van der Waals surface area contributed by atoms with Gasteiger partial charge in [-0.15, -0.1) is 0 Å². The molecule has 0 bridgehead atoms. The molecule has 25 heavy (non-hydrogen) atoms. The molecule has 1 amide bonds. The number of benzene rings is 2. The Balaban J connectivity index is 2.24. The number of halogens is 1. The normalized spacial score (nSPS) is 10.6. The maximum Gasteiger partial charge on any atom is 0.274 e. The Morgan fingerprint density at radius 3 is 2.80 bits per heavy atom. The van der Waals surface area contributed by atoms with E-state index in [1.807, 2.05) is 0 Å². The second-order valence-corrected chi connectivity index (χ2v) is 5.61. The Morgan fingerprint density at radius 1 is 1.44 bits per heavy atom. The molecule has 2 rings (SSSR count). The van der Waals surface area contributed by atoms with E-state index in [-0.39, 0.29) is 29.4 Å². The highest BCUT2D eigenvalue weighted by atomic mass is 79.9. The molecule has 0 saturated carbocycles. The largest absolute Gasteiger partial charge is 0.504 e. The van der Waals surface area contributed by atoms with E-state index in [0.29, 0.717) is 10.0 Å². The van der Waals surface area contributed by atoms with Crippen LogP contribution in [0.2, 0.25) is 0 Å². The predicted octanol–water partition coefficient (Wildman–Crippen LogP) is 3.23. The SMILES string of the molecule is CCOc1cc([N+](=O)[O-])cc(/C=N\NC(=O)c2ccccc2Br)c1O. The molecule has 0 aliphatic rings. The molecule has 8 nitrogen and oxygen atoms in total. The number of aromatic hydroxyl groups is 1. The lowest BCUT2D eigenvalue weighted by Gasteiger charge is -2.08. The standard InChI is InChI=1S/C16H14BrN3O5/c1-2-25-14-8-11(20(23)24)7-10(15(14)21)9-18-19-16(22)12-5-3-4-6-13(12)17/h3-9,21H,2H2,1H3,(H,19,22)/b18-9-. The Labute approximate surface area is 151 Å². The Bertz CT molecular complexity index is 839. The molecule has 2 aromatic carbocycles. The van der Waals surface area contributed by atoms with Gasteiger partial charge in [-0.25, -0.2) is 5.43 Å². The summed E-state index contributed by atoms with van der Waals surface area (Å²) in [5.74, 6) is -0.805. The van der Waals surface area contributed by atoms with Crippen LogP contribution in [0.1, 0.15) is 22.8 Å². The van der Waals surface area contributed by atoms with Crippen molar-refractivity contribution in [3.63, 3.8) is 0 Å². The van der Waals surface area contributed by atoms with Crippen LogP contribution in [-0.2, 0) is 0 Å². The van der Waals surface area contributed by atoms with Crippen LogP contribution in [0.15, 0.2) is 46.0 Å². The molecule has 0 unspecified atom stereocenters. The van der Waals surface area contributed by atoms with Crippen LogP contribution >= 0.6 is 15.9 Å². The van der Waals surface area contributed by atoms with Gasteiger partial charge in [-0.05, 0) is 35.0 Å². The minimum atomic E-state index is -0.612. The Kier molecular flexibility index (Phi) is 6.07. The quantitative estimate of drug-likeness (QED) is 0.433. The fourth-order valence-electron chi connectivity index (χ4n) is 1.95. The van der Waals surface area contributed by atoms with Crippen LogP contribution in [0.4, 0.5) is 5.69 Å². The maximum absolute atomic E-state index is 12.0. The van der Waals surface area contributed by atoms with Crippen molar-refractivity contribution in [1.82, 2.24) is 5.43 Å². The van der Waals surface area contributed by atoms with Gasteiger partial charge in [0.15, 0.2) is 11.5 Å². The van der Waals surface area contributed by atoms with Gasteiger partial charge in [-0.2, -0.15) is 5.10 Å². The van der Waals surface area contributed by atoms with Crippen molar-refractivity contribution < 1.29 is 19.6 Å². The molecule has 0 radical (unpaired) electrons. The Morgan fingerprint density at radius 2 is 2.16 bits per heavy atom. The smallest absolute Gasteiger partial charge is 0.274 e. The number of nitro benzene ring substituents is 1. The molecule has 0 saturated heterocycles. The van der Waals surface area contributed by atoms with Gasteiger partial charge in [0.2, 0.25) is 0 Å². The molecular weight excluding hydrogens is 394 g/mol. The number of hydrazone groups is 1. The maximum atomic E-state index is 12.0. The molecule has 0 atom stereocenters. The van der Waals surface area contributed by atoms with Gasteiger partial charge in [0.25, 0.3) is 11.6 Å². The number of nitro groups is 1. The number of non-ortho nitro benzene ring substituents is 1. The topological polar surface area (TPSA) is 114 Å². The highest BCUT2D eigenvalue weighted by Crippen LogP contribution is 2.33. The lowest BCUT2D eigenvalue weighted by Crippen LogP contribution is -2.18. The van der Waals surface area contributed by atoms with Gasteiger partial charge in [0.05, 0.1) is 29.4 Å². The van der Waals surface area contributed by atoms with Crippen molar-refractivity contribution in [3.8, 4) is 11.5 Å². The first-order valence-corrected chi connectivity index (χ1v) is 7.95. The number of phenols is 1. The summed E-state index contributed by atoms with van der Waals surface area (Å²) in [5.41, 5.74) is 2.45. The summed E-state index contributed by atoms with van der Waals surface area (Å²) in [6.45, 7) is 1.91. The third-order valence-corrected chi connectivity index (χ3v) is 3.78. The number of ether oxygens (including phenoxy) is 1. The number of carbonyl (C=O) groups excluding carboxylic acids is 1.